The van der Waals surface area contributed by atoms with Crippen LogP contribution in [-0.2, 0) is 14.3 Å². The van der Waals surface area contributed by atoms with E-state index in [9.17, 15) is 21.6 Å². The molecular formula is C9H15F3O3S. The van der Waals surface area contributed by atoms with Crippen molar-refractivity contribution >= 4 is 10.1 Å². The van der Waals surface area contributed by atoms with Gasteiger partial charge in [0.15, 0.2) is 0 Å². The minimum Gasteiger partial charge on any atom is -0.263 e. The Morgan fingerprint density at radius 3 is 2.44 bits per heavy atom. The molecule has 0 aromatic carbocycles. The molecule has 0 radical (unpaired) electrons. The Bertz CT molecular complexity index is 323. The average Bonchev–Trinajstić information content (AvgIpc) is 2.13. The standard InChI is InChI=1S/C9H15F3O3S/c1-7-3-2-4-8(5-7)6-15-16(13,14)9(10,11)12/h7-8H,2-6H2,1H3. The van der Waals surface area contributed by atoms with E-state index in [0.717, 1.165) is 25.7 Å². The predicted octanol–water partition coefficient (Wildman–Crippen LogP) is 2.68. The minimum atomic E-state index is -5.41. The molecule has 0 aromatic heterocycles. The molecule has 0 N–H and O–H groups in total. The lowest BCUT2D eigenvalue weighted by Gasteiger charge is -2.26. The van der Waals surface area contributed by atoms with Crippen LogP contribution in [0.3, 0.4) is 0 Å². The zero-order valence-corrected chi connectivity index (χ0v) is 9.77. The highest BCUT2D eigenvalue weighted by atomic mass is 32.2. The lowest BCUT2D eigenvalue weighted by Crippen LogP contribution is -2.28. The molecule has 0 amide bonds. The number of alkyl halides is 3. The second-order valence-corrected chi connectivity index (χ2v) is 5.93. The molecule has 0 heterocycles. The molecule has 2 atom stereocenters. The number of halogens is 3. The monoisotopic (exact) mass is 260 g/mol. The van der Waals surface area contributed by atoms with E-state index in [1.807, 2.05) is 6.92 Å². The first kappa shape index (κ1) is 13.8. The van der Waals surface area contributed by atoms with Gasteiger partial charge in [-0.05, 0) is 24.7 Å². The summed E-state index contributed by atoms with van der Waals surface area (Å²) in [4.78, 5) is 0. The van der Waals surface area contributed by atoms with Crippen LogP contribution in [0.2, 0.25) is 0 Å². The molecular weight excluding hydrogens is 245 g/mol. The maximum atomic E-state index is 12.0. The van der Waals surface area contributed by atoms with Crippen LogP contribution in [0, 0.1) is 11.8 Å². The Morgan fingerprint density at radius 1 is 1.31 bits per heavy atom. The Kier molecular flexibility index (Phi) is 4.23. The van der Waals surface area contributed by atoms with Crippen LogP contribution >= 0.6 is 0 Å². The highest BCUT2D eigenvalue weighted by Crippen LogP contribution is 2.31. The van der Waals surface area contributed by atoms with Crippen LogP contribution in [0.4, 0.5) is 13.2 Å². The quantitative estimate of drug-likeness (QED) is 0.579. The number of hydrogen-bond donors (Lipinski definition) is 0. The molecule has 16 heavy (non-hydrogen) atoms. The van der Waals surface area contributed by atoms with Crippen molar-refractivity contribution in [3.05, 3.63) is 0 Å². The molecule has 0 aliphatic heterocycles. The lowest BCUT2D eigenvalue weighted by molar-refractivity contribution is -0.0554. The van der Waals surface area contributed by atoms with Crippen molar-refractivity contribution in [2.45, 2.75) is 38.1 Å². The molecule has 1 aliphatic carbocycles. The van der Waals surface area contributed by atoms with Gasteiger partial charge in [-0.15, -0.1) is 0 Å². The predicted molar refractivity (Wildman–Crippen MR) is 52.0 cm³/mol. The fourth-order valence-electron chi connectivity index (χ4n) is 1.96. The van der Waals surface area contributed by atoms with Gasteiger partial charge in [-0.25, -0.2) is 0 Å². The van der Waals surface area contributed by atoms with Crippen LogP contribution in [0.15, 0.2) is 0 Å². The average molecular weight is 260 g/mol. The topological polar surface area (TPSA) is 43.4 Å². The van der Waals surface area contributed by atoms with Crippen LogP contribution in [-0.4, -0.2) is 20.5 Å². The summed E-state index contributed by atoms with van der Waals surface area (Å²) in [5.74, 6) is 0.344. The van der Waals surface area contributed by atoms with Gasteiger partial charge in [-0.1, -0.05) is 19.8 Å². The fraction of sp³-hybridized carbons (Fsp3) is 1.00. The highest BCUT2D eigenvalue weighted by Gasteiger charge is 2.47. The van der Waals surface area contributed by atoms with Crippen molar-refractivity contribution in [3.8, 4) is 0 Å². The second-order valence-electron chi connectivity index (χ2n) is 4.32. The normalized spacial score (nSPS) is 28.0. The summed E-state index contributed by atoms with van der Waals surface area (Å²) in [7, 11) is -5.41. The second kappa shape index (κ2) is 4.91. The van der Waals surface area contributed by atoms with Crippen molar-refractivity contribution in [1.82, 2.24) is 0 Å². The van der Waals surface area contributed by atoms with Crippen LogP contribution in [0.25, 0.3) is 0 Å². The first-order chi connectivity index (χ1) is 7.22. The van der Waals surface area contributed by atoms with Gasteiger partial charge < -0.3 is 0 Å². The minimum absolute atomic E-state index is 0.0825. The van der Waals surface area contributed by atoms with Gasteiger partial charge in [0, 0.05) is 0 Å². The maximum Gasteiger partial charge on any atom is 0.523 e. The number of hydrogen-bond acceptors (Lipinski definition) is 3. The fourth-order valence-corrected chi connectivity index (χ4v) is 2.47. The molecule has 1 rings (SSSR count). The summed E-state index contributed by atoms with van der Waals surface area (Å²) in [6.45, 7) is 1.65. The molecule has 1 aliphatic rings. The van der Waals surface area contributed by atoms with Crippen LogP contribution in [0.1, 0.15) is 32.6 Å². The molecule has 1 fully saturated rings. The lowest BCUT2D eigenvalue weighted by atomic mass is 9.83. The third-order valence-corrected chi connectivity index (χ3v) is 3.80. The Labute approximate surface area is 93.1 Å². The van der Waals surface area contributed by atoms with E-state index in [1.54, 1.807) is 0 Å². The van der Waals surface area contributed by atoms with E-state index in [-0.39, 0.29) is 12.5 Å². The molecule has 0 spiro atoms. The van der Waals surface area contributed by atoms with Gasteiger partial charge in [0.2, 0.25) is 0 Å². The molecule has 0 aromatic rings. The molecule has 3 nitrogen and oxygen atoms in total. The van der Waals surface area contributed by atoms with Crippen molar-refractivity contribution in [2.75, 3.05) is 6.61 Å². The Hall–Kier alpha value is -0.300. The molecule has 96 valence electrons. The molecule has 2 unspecified atom stereocenters. The first-order valence-electron chi connectivity index (χ1n) is 5.18. The number of rotatable bonds is 3. The van der Waals surface area contributed by atoms with Crippen molar-refractivity contribution in [3.63, 3.8) is 0 Å². The summed E-state index contributed by atoms with van der Waals surface area (Å²) in [5, 5.41) is 0. The molecule has 7 heteroatoms. The van der Waals surface area contributed by atoms with Gasteiger partial charge in [0.1, 0.15) is 0 Å². The summed E-state index contributed by atoms with van der Waals surface area (Å²) in [5.41, 5.74) is -5.31. The van der Waals surface area contributed by atoms with Gasteiger partial charge in [-0.3, -0.25) is 4.18 Å². The maximum absolute atomic E-state index is 12.0. The van der Waals surface area contributed by atoms with Gasteiger partial charge >= 0.3 is 15.6 Å². The van der Waals surface area contributed by atoms with E-state index < -0.39 is 15.6 Å². The van der Waals surface area contributed by atoms with Gasteiger partial charge in [0.05, 0.1) is 6.61 Å². The van der Waals surface area contributed by atoms with E-state index in [4.69, 9.17) is 0 Å². The summed E-state index contributed by atoms with van der Waals surface area (Å²) in [6, 6.07) is 0. The largest absolute Gasteiger partial charge is 0.523 e. The Balaban J connectivity index is 2.46. The SMILES string of the molecule is CC1CCCC(COS(=O)(=O)C(F)(F)F)C1. The Morgan fingerprint density at radius 2 is 1.94 bits per heavy atom. The van der Waals surface area contributed by atoms with Gasteiger partial charge in [-0.2, -0.15) is 21.6 Å². The van der Waals surface area contributed by atoms with Crippen molar-refractivity contribution in [2.24, 2.45) is 11.8 Å². The summed E-state index contributed by atoms with van der Waals surface area (Å²) < 4.78 is 61.1. The zero-order chi connectivity index (χ0) is 12.4. The van der Waals surface area contributed by atoms with Crippen molar-refractivity contribution in [1.29, 1.82) is 0 Å². The van der Waals surface area contributed by atoms with E-state index in [2.05, 4.69) is 4.18 Å². The highest BCUT2D eigenvalue weighted by molar-refractivity contribution is 7.87. The van der Waals surface area contributed by atoms with Gasteiger partial charge in [0.25, 0.3) is 0 Å². The molecule has 0 saturated heterocycles. The third-order valence-electron chi connectivity index (χ3n) is 2.79. The third kappa shape index (κ3) is 3.62. The van der Waals surface area contributed by atoms with Crippen molar-refractivity contribution < 1.29 is 25.8 Å². The smallest absolute Gasteiger partial charge is 0.263 e. The summed E-state index contributed by atoms with van der Waals surface area (Å²) in [6.07, 6.45) is 3.43. The van der Waals surface area contributed by atoms with Crippen LogP contribution in [0.5, 0.6) is 0 Å². The van der Waals surface area contributed by atoms with E-state index in [1.165, 1.54) is 0 Å². The first-order valence-corrected chi connectivity index (χ1v) is 6.59. The summed E-state index contributed by atoms with van der Waals surface area (Å²) >= 11 is 0. The van der Waals surface area contributed by atoms with Crippen LogP contribution < -0.4 is 0 Å². The molecule has 0 bridgehead atoms. The van der Waals surface area contributed by atoms with E-state index in [0.29, 0.717) is 5.92 Å². The molecule has 1 saturated carbocycles. The zero-order valence-electron chi connectivity index (χ0n) is 8.96. The van der Waals surface area contributed by atoms with E-state index >= 15 is 0 Å².